The summed E-state index contributed by atoms with van der Waals surface area (Å²) in [6.07, 6.45) is 0. The second-order valence-electron chi connectivity index (χ2n) is 9.02. The molecule has 5 atom stereocenters. The molecule has 0 aromatic carbocycles. The number of nitrogens with zero attached hydrogens (tertiary/aromatic N) is 4. The summed E-state index contributed by atoms with van der Waals surface area (Å²) in [6.45, 7) is 24.1. The zero-order chi connectivity index (χ0) is 17.8. The third-order valence-corrected chi connectivity index (χ3v) is 7.25. The van der Waals surface area contributed by atoms with Crippen LogP contribution in [0.2, 0.25) is 0 Å². The summed E-state index contributed by atoms with van der Waals surface area (Å²) in [5.41, 5.74) is 0. The lowest BCUT2D eigenvalue weighted by Gasteiger charge is -2.58. The van der Waals surface area contributed by atoms with Gasteiger partial charge in [0.1, 0.15) is 12.6 Å². The molecule has 2 aliphatic rings. The SMILES string of the molecule is CC[N@+]1(C)CC(C)N(C(C)C)C12N(C(C)C)CC(C)[N@@+]2(C)CC. The van der Waals surface area contributed by atoms with Crippen molar-refractivity contribution in [3.8, 4) is 0 Å². The highest BCUT2D eigenvalue weighted by Crippen LogP contribution is 2.52. The van der Waals surface area contributed by atoms with Crippen LogP contribution in [0.3, 0.4) is 0 Å². The second-order valence-corrected chi connectivity index (χ2v) is 9.02. The fraction of sp³-hybridized carbons (Fsp3) is 1.00. The smallest absolute Gasteiger partial charge is 0.244 e. The Morgan fingerprint density at radius 1 is 1.00 bits per heavy atom. The van der Waals surface area contributed by atoms with Crippen molar-refractivity contribution in [1.82, 2.24) is 9.80 Å². The van der Waals surface area contributed by atoms with Crippen LogP contribution >= 0.6 is 0 Å². The molecule has 0 aliphatic carbocycles. The predicted octanol–water partition coefficient (Wildman–Crippen LogP) is 2.76. The Balaban J connectivity index is 2.79. The van der Waals surface area contributed by atoms with Gasteiger partial charge in [0, 0.05) is 12.1 Å². The van der Waals surface area contributed by atoms with E-state index in [4.69, 9.17) is 0 Å². The van der Waals surface area contributed by atoms with E-state index in [2.05, 4.69) is 79.3 Å². The summed E-state index contributed by atoms with van der Waals surface area (Å²) in [5, 5.41) is 0. The van der Waals surface area contributed by atoms with Gasteiger partial charge < -0.3 is 0 Å². The Kier molecular flexibility index (Phi) is 4.98. The van der Waals surface area contributed by atoms with Gasteiger partial charge in [-0.25, -0.2) is 8.97 Å². The molecular formula is C19H42N4+2. The number of rotatable bonds is 4. The average Bonchev–Trinajstić information content (AvgIpc) is 2.84. The molecule has 0 N–H and O–H groups in total. The van der Waals surface area contributed by atoms with Crippen molar-refractivity contribution in [2.24, 2.45) is 0 Å². The van der Waals surface area contributed by atoms with Gasteiger partial charge in [-0.2, -0.15) is 9.80 Å². The molecule has 2 aliphatic heterocycles. The van der Waals surface area contributed by atoms with Gasteiger partial charge >= 0.3 is 5.91 Å². The Hall–Kier alpha value is -0.160. The normalized spacial score (nSPS) is 45.9. The molecular weight excluding hydrogens is 284 g/mol. The van der Waals surface area contributed by atoms with Crippen LogP contribution in [0.4, 0.5) is 0 Å². The molecule has 0 bridgehead atoms. The first-order chi connectivity index (χ1) is 10.5. The van der Waals surface area contributed by atoms with E-state index in [1.54, 1.807) is 0 Å². The molecule has 2 saturated heterocycles. The van der Waals surface area contributed by atoms with Crippen molar-refractivity contribution in [2.45, 2.75) is 85.5 Å². The van der Waals surface area contributed by atoms with Crippen molar-refractivity contribution in [1.29, 1.82) is 0 Å². The van der Waals surface area contributed by atoms with Gasteiger partial charge in [0.25, 0.3) is 0 Å². The van der Waals surface area contributed by atoms with E-state index in [1.165, 1.54) is 26.2 Å². The Labute approximate surface area is 145 Å². The molecule has 0 amide bonds. The Morgan fingerprint density at radius 3 is 1.96 bits per heavy atom. The molecule has 0 saturated carbocycles. The standard InChI is InChI=1S/C19H42N4/c1-11-22(9)14-17(7)21(16(5)6)19(22)20(15(3)4)13-18(8)23(19,10)12-2/h15-18H,11-14H2,1-10H3/q+2/t17?,18?,19?,22-,23-/m1/s1. The predicted molar refractivity (Wildman–Crippen MR) is 98.8 cm³/mol. The number of quaternary nitrogens is 2. The summed E-state index contributed by atoms with van der Waals surface area (Å²) in [6, 6.07) is 2.42. The Morgan fingerprint density at radius 2 is 1.57 bits per heavy atom. The van der Waals surface area contributed by atoms with Crippen LogP contribution in [0.25, 0.3) is 0 Å². The van der Waals surface area contributed by atoms with Crippen molar-refractivity contribution >= 4 is 0 Å². The molecule has 4 heteroatoms. The number of likely N-dealkylation sites (N-methyl/N-ethyl adjacent to an activating group) is 2. The van der Waals surface area contributed by atoms with Gasteiger partial charge in [0.15, 0.2) is 0 Å². The molecule has 1 spiro atoms. The van der Waals surface area contributed by atoms with Gasteiger partial charge in [0.05, 0.1) is 39.8 Å². The molecule has 3 unspecified atom stereocenters. The van der Waals surface area contributed by atoms with Gasteiger partial charge in [0.2, 0.25) is 0 Å². The largest absolute Gasteiger partial charge is 0.357 e. The van der Waals surface area contributed by atoms with E-state index >= 15 is 0 Å². The first kappa shape index (κ1) is 19.2. The maximum absolute atomic E-state index is 2.86. The third-order valence-electron chi connectivity index (χ3n) is 7.25. The van der Waals surface area contributed by atoms with E-state index in [-0.39, 0.29) is 5.91 Å². The van der Waals surface area contributed by atoms with Crippen LogP contribution in [-0.4, -0.2) is 89.1 Å². The quantitative estimate of drug-likeness (QED) is 0.733. The van der Waals surface area contributed by atoms with E-state index in [9.17, 15) is 0 Å². The fourth-order valence-electron chi connectivity index (χ4n) is 6.10. The summed E-state index contributed by atoms with van der Waals surface area (Å²) in [7, 11) is 5.03. The summed E-state index contributed by atoms with van der Waals surface area (Å²) in [5.74, 6) is 0.0602. The highest BCUT2D eigenvalue weighted by molar-refractivity contribution is 4.94. The highest BCUT2D eigenvalue weighted by Gasteiger charge is 2.78. The van der Waals surface area contributed by atoms with E-state index in [0.29, 0.717) is 24.2 Å². The van der Waals surface area contributed by atoms with Crippen LogP contribution in [0.5, 0.6) is 0 Å². The molecule has 2 heterocycles. The average molecular weight is 327 g/mol. The molecule has 4 nitrogen and oxygen atoms in total. The van der Waals surface area contributed by atoms with Crippen molar-refractivity contribution in [2.75, 3.05) is 40.3 Å². The lowest BCUT2D eigenvalue weighted by Crippen LogP contribution is -2.83. The fourth-order valence-corrected chi connectivity index (χ4v) is 6.10. The Bertz CT molecular complexity index is 437. The van der Waals surface area contributed by atoms with Gasteiger partial charge in [-0.3, -0.25) is 0 Å². The minimum atomic E-state index is 0.0602. The van der Waals surface area contributed by atoms with E-state index < -0.39 is 0 Å². The first-order valence-corrected chi connectivity index (χ1v) is 9.78. The van der Waals surface area contributed by atoms with E-state index in [1.807, 2.05) is 0 Å². The minimum Gasteiger partial charge on any atom is -0.244 e. The monoisotopic (exact) mass is 326 g/mol. The maximum atomic E-state index is 2.86. The molecule has 0 radical (unpaired) electrons. The molecule has 23 heavy (non-hydrogen) atoms. The van der Waals surface area contributed by atoms with Gasteiger partial charge in [-0.15, -0.1) is 0 Å². The third kappa shape index (κ3) is 2.18. The van der Waals surface area contributed by atoms with Crippen molar-refractivity contribution < 1.29 is 8.97 Å². The van der Waals surface area contributed by atoms with Crippen molar-refractivity contribution in [3.63, 3.8) is 0 Å². The second kappa shape index (κ2) is 5.98. The van der Waals surface area contributed by atoms with E-state index in [0.717, 1.165) is 8.97 Å². The first-order valence-electron chi connectivity index (χ1n) is 9.78. The van der Waals surface area contributed by atoms with Crippen LogP contribution in [-0.2, 0) is 0 Å². The molecule has 2 fully saturated rings. The number of hydrogen-bond acceptors (Lipinski definition) is 2. The van der Waals surface area contributed by atoms with Gasteiger partial charge in [-0.05, 0) is 55.4 Å². The van der Waals surface area contributed by atoms with Crippen LogP contribution < -0.4 is 0 Å². The van der Waals surface area contributed by atoms with Crippen LogP contribution in [0, 0.1) is 0 Å². The summed E-state index contributed by atoms with van der Waals surface area (Å²) in [4.78, 5) is 5.71. The maximum Gasteiger partial charge on any atom is 0.357 e. The van der Waals surface area contributed by atoms with Crippen molar-refractivity contribution in [3.05, 3.63) is 0 Å². The summed E-state index contributed by atoms with van der Waals surface area (Å²) < 4.78 is 2.28. The van der Waals surface area contributed by atoms with Crippen LogP contribution in [0.15, 0.2) is 0 Å². The molecule has 2 rings (SSSR count). The molecule has 136 valence electrons. The number of hydrogen-bond donors (Lipinski definition) is 0. The molecule has 0 aromatic rings. The topological polar surface area (TPSA) is 6.48 Å². The zero-order valence-corrected chi connectivity index (χ0v) is 17.4. The summed E-state index contributed by atoms with van der Waals surface area (Å²) >= 11 is 0. The minimum absolute atomic E-state index is 0.0602. The zero-order valence-electron chi connectivity index (χ0n) is 17.4. The van der Waals surface area contributed by atoms with Crippen LogP contribution in [0.1, 0.15) is 55.4 Å². The molecule has 0 aromatic heterocycles. The lowest BCUT2D eigenvalue weighted by atomic mass is 10.1. The highest BCUT2D eigenvalue weighted by atomic mass is 15.9. The van der Waals surface area contributed by atoms with Gasteiger partial charge in [-0.1, -0.05) is 0 Å². The lowest BCUT2D eigenvalue weighted by molar-refractivity contribution is -1.17.